The maximum atomic E-state index is 12.7. The van der Waals surface area contributed by atoms with Gasteiger partial charge in [-0.2, -0.15) is 4.98 Å². The second-order valence-electron chi connectivity index (χ2n) is 9.36. The smallest absolute Gasteiger partial charge is 0.336 e. The first-order valence-corrected chi connectivity index (χ1v) is 12.9. The van der Waals surface area contributed by atoms with Crippen molar-refractivity contribution in [2.45, 2.75) is 25.4 Å². The quantitative estimate of drug-likeness (QED) is 0.122. The van der Waals surface area contributed by atoms with Crippen LogP contribution in [0.2, 0.25) is 0 Å². The maximum absolute atomic E-state index is 12.7. The predicted octanol–water partition coefficient (Wildman–Crippen LogP) is 2.50. The molecule has 0 bridgehead atoms. The van der Waals surface area contributed by atoms with Crippen LogP contribution in [0.1, 0.15) is 49.5 Å². The van der Waals surface area contributed by atoms with Crippen molar-refractivity contribution < 1.29 is 29.4 Å². The first kappa shape index (κ1) is 29.3. The Bertz CT molecular complexity index is 1640. The second kappa shape index (κ2) is 13.1. The summed E-state index contributed by atoms with van der Waals surface area (Å²) in [5.41, 5.74) is 14.1. The number of aliphatic carboxylic acids is 1. The summed E-state index contributed by atoms with van der Waals surface area (Å²) in [7, 11) is 0. The van der Waals surface area contributed by atoms with Crippen molar-refractivity contribution in [2.75, 3.05) is 23.3 Å². The number of nitrogens with two attached hydrogens (primary N) is 2. The first-order valence-electron chi connectivity index (χ1n) is 12.9. The summed E-state index contributed by atoms with van der Waals surface area (Å²) in [6.45, 7) is 0.558. The van der Waals surface area contributed by atoms with Crippen molar-refractivity contribution in [1.82, 2.24) is 20.6 Å². The minimum Gasteiger partial charge on any atom is -0.480 e. The summed E-state index contributed by atoms with van der Waals surface area (Å²) in [4.78, 5) is 56.2. The lowest BCUT2D eigenvalue weighted by Gasteiger charge is -2.15. The minimum absolute atomic E-state index is 0.00759. The molecular weight excluding hydrogens is 542 g/mol. The monoisotopic (exact) mass is 571 g/mol. The lowest BCUT2D eigenvalue weighted by molar-refractivity contribution is -0.139. The van der Waals surface area contributed by atoms with Gasteiger partial charge in [0, 0.05) is 29.7 Å². The lowest BCUT2D eigenvalue weighted by atomic mass is 10.1. The molecule has 0 saturated heterocycles. The molecule has 0 spiro atoms. The molecule has 9 N–H and O–H groups in total. The van der Waals surface area contributed by atoms with E-state index < -0.39 is 29.8 Å². The van der Waals surface area contributed by atoms with Crippen LogP contribution in [0.15, 0.2) is 66.7 Å². The van der Waals surface area contributed by atoms with Gasteiger partial charge in [0.05, 0.1) is 16.6 Å². The number of aromatic carboxylic acids is 1. The molecule has 4 aromatic rings. The molecule has 0 aliphatic heterocycles. The highest BCUT2D eigenvalue weighted by Gasteiger charge is 2.21. The van der Waals surface area contributed by atoms with Crippen LogP contribution in [0.4, 0.5) is 17.5 Å². The Labute approximate surface area is 240 Å². The lowest BCUT2D eigenvalue weighted by Crippen LogP contribution is -2.41. The molecule has 0 saturated carbocycles. The molecular formula is C29H29N7O6. The Kier molecular flexibility index (Phi) is 9.12. The number of nitrogens with one attached hydrogen (secondary N) is 3. The van der Waals surface area contributed by atoms with Gasteiger partial charge in [0.25, 0.3) is 11.8 Å². The van der Waals surface area contributed by atoms with Crippen molar-refractivity contribution in [3.8, 4) is 0 Å². The van der Waals surface area contributed by atoms with Crippen LogP contribution in [0.5, 0.6) is 0 Å². The molecule has 42 heavy (non-hydrogen) atoms. The topological polar surface area (TPSA) is 223 Å². The van der Waals surface area contributed by atoms with E-state index >= 15 is 0 Å². The molecule has 0 fully saturated rings. The van der Waals surface area contributed by atoms with Crippen molar-refractivity contribution >= 4 is 52.1 Å². The summed E-state index contributed by atoms with van der Waals surface area (Å²) < 4.78 is 0. The number of nitrogen functional groups attached to an aromatic ring is 2. The van der Waals surface area contributed by atoms with Gasteiger partial charge in [-0.3, -0.25) is 9.59 Å². The number of carboxylic acid groups (broad SMARTS) is 2. The largest absolute Gasteiger partial charge is 0.480 e. The molecule has 1 aromatic heterocycles. The van der Waals surface area contributed by atoms with Gasteiger partial charge in [0.2, 0.25) is 5.95 Å². The van der Waals surface area contributed by atoms with Crippen LogP contribution in [0, 0.1) is 0 Å². The molecule has 13 nitrogen and oxygen atoms in total. The van der Waals surface area contributed by atoms with Crippen molar-refractivity contribution in [1.29, 1.82) is 0 Å². The maximum Gasteiger partial charge on any atom is 0.336 e. The molecule has 1 heterocycles. The van der Waals surface area contributed by atoms with E-state index in [1.807, 2.05) is 12.1 Å². The summed E-state index contributed by atoms with van der Waals surface area (Å²) in [5.74, 6) is -3.18. The van der Waals surface area contributed by atoms with Crippen LogP contribution < -0.4 is 27.4 Å². The van der Waals surface area contributed by atoms with E-state index in [9.17, 15) is 29.4 Å². The van der Waals surface area contributed by atoms with Crippen LogP contribution in [0.3, 0.4) is 0 Å². The SMILES string of the molecule is Nc1nc(N)c2cc(CNc3ccc(C(=O)NC(CCCNC(=O)c4ccccc4C(=O)O)C(=O)O)cc3)ccc2n1. The van der Waals surface area contributed by atoms with E-state index in [-0.39, 0.29) is 42.0 Å². The molecule has 13 heteroatoms. The van der Waals surface area contributed by atoms with Crippen molar-refractivity contribution in [3.05, 3.63) is 89.0 Å². The average Bonchev–Trinajstić information content (AvgIpc) is 2.97. The Morgan fingerprint density at radius 1 is 0.857 bits per heavy atom. The summed E-state index contributed by atoms with van der Waals surface area (Å²) in [5, 5.41) is 27.8. The number of hydrogen-bond acceptors (Lipinski definition) is 9. The molecule has 0 radical (unpaired) electrons. The van der Waals surface area contributed by atoms with E-state index in [0.29, 0.717) is 23.3 Å². The predicted molar refractivity (Wildman–Crippen MR) is 156 cm³/mol. The average molecular weight is 572 g/mol. The molecule has 2 amide bonds. The van der Waals surface area contributed by atoms with Gasteiger partial charge in [-0.05, 0) is 66.9 Å². The van der Waals surface area contributed by atoms with Crippen LogP contribution in [0.25, 0.3) is 10.9 Å². The fourth-order valence-electron chi connectivity index (χ4n) is 4.24. The number of hydrogen-bond donors (Lipinski definition) is 7. The number of carbonyl (C=O) groups is 4. The molecule has 4 rings (SSSR count). The van der Waals surface area contributed by atoms with E-state index in [1.54, 1.807) is 36.4 Å². The van der Waals surface area contributed by atoms with Gasteiger partial charge in [0.15, 0.2) is 0 Å². The third kappa shape index (κ3) is 7.27. The fraction of sp³-hybridized carbons (Fsp3) is 0.172. The van der Waals surface area contributed by atoms with Crippen molar-refractivity contribution in [2.24, 2.45) is 0 Å². The number of benzene rings is 3. The fourth-order valence-corrected chi connectivity index (χ4v) is 4.24. The molecule has 216 valence electrons. The van der Waals surface area contributed by atoms with Crippen LogP contribution in [-0.2, 0) is 11.3 Å². The zero-order chi connectivity index (χ0) is 30.2. The van der Waals surface area contributed by atoms with Gasteiger partial charge in [-0.15, -0.1) is 0 Å². The zero-order valence-electron chi connectivity index (χ0n) is 22.3. The number of amides is 2. The Balaban J connectivity index is 1.27. The number of carbonyl (C=O) groups excluding carboxylic acids is 2. The highest BCUT2D eigenvalue weighted by atomic mass is 16.4. The van der Waals surface area contributed by atoms with E-state index in [2.05, 4.69) is 25.9 Å². The van der Waals surface area contributed by atoms with Gasteiger partial charge < -0.3 is 37.6 Å². The molecule has 3 aromatic carbocycles. The number of fused-ring (bicyclic) bond motifs is 1. The molecule has 1 atom stereocenters. The van der Waals surface area contributed by atoms with E-state index in [1.165, 1.54) is 18.2 Å². The third-order valence-electron chi connectivity index (χ3n) is 6.41. The Morgan fingerprint density at radius 2 is 1.57 bits per heavy atom. The second-order valence-corrected chi connectivity index (χ2v) is 9.36. The first-order chi connectivity index (χ1) is 20.1. The minimum atomic E-state index is -1.23. The summed E-state index contributed by atoms with van der Waals surface area (Å²) in [6.07, 6.45) is 0.288. The number of aromatic nitrogens is 2. The molecule has 1 unspecified atom stereocenters. The van der Waals surface area contributed by atoms with Gasteiger partial charge in [-0.25, -0.2) is 14.6 Å². The van der Waals surface area contributed by atoms with E-state index in [4.69, 9.17) is 11.5 Å². The Morgan fingerprint density at radius 3 is 2.26 bits per heavy atom. The number of rotatable bonds is 12. The third-order valence-corrected chi connectivity index (χ3v) is 6.41. The van der Waals surface area contributed by atoms with Gasteiger partial charge in [0.1, 0.15) is 11.9 Å². The van der Waals surface area contributed by atoms with Gasteiger partial charge >= 0.3 is 11.9 Å². The van der Waals surface area contributed by atoms with Crippen molar-refractivity contribution in [3.63, 3.8) is 0 Å². The van der Waals surface area contributed by atoms with Gasteiger partial charge in [-0.1, -0.05) is 18.2 Å². The summed E-state index contributed by atoms with van der Waals surface area (Å²) in [6, 6.07) is 16.7. The van der Waals surface area contributed by atoms with E-state index in [0.717, 1.165) is 11.3 Å². The highest BCUT2D eigenvalue weighted by Crippen LogP contribution is 2.21. The number of carboxylic acids is 2. The summed E-state index contributed by atoms with van der Waals surface area (Å²) >= 11 is 0. The molecule has 0 aliphatic carbocycles. The van der Waals surface area contributed by atoms with Crippen LogP contribution in [-0.4, -0.2) is 56.5 Å². The highest BCUT2D eigenvalue weighted by molar-refractivity contribution is 6.04. The number of nitrogens with zero attached hydrogens (tertiary/aromatic N) is 2. The normalized spacial score (nSPS) is 11.4. The zero-order valence-corrected chi connectivity index (χ0v) is 22.3. The van der Waals surface area contributed by atoms with Crippen LogP contribution >= 0.6 is 0 Å². The Hall–Kier alpha value is -5.72. The number of anilines is 3. The molecule has 0 aliphatic rings. The standard InChI is InChI=1S/C29H29N7O6/c30-24-21-14-16(7-12-22(21)35-29(31)36-24)15-33-18-10-8-17(9-11-18)25(37)34-23(28(41)42)6-3-13-32-26(38)19-4-1-2-5-20(19)27(39)40/h1-2,4-5,7-12,14,23,33H,3,6,13,15H2,(H,32,38)(H,34,37)(H,39,40)(H,41,42)(H4,30,31,35,36).